The van der Waals surface area contributed by atoms with Crippen molar-refractivity contribution in [2.24, 2.45) is 0 Å². The number of methoxy groups -OCH3 is 1. The highest BCUT2D eigenvalue weighted by molar-refractivity contribution is 7.20. The molecule has 0 fully saturated rings. The second-order valence-corrected chi connectivity index (χ2v) is 6.53. The van der Waals surface area contributed by atoms with E-state index in [4.69, 9.17) is 15.2 Å². The highest BCUT2D eigenvalue weighted by Gasteiger charge is 2.19. The van der Waals surface area contributed by atoms with Crippen molar-refractivity contribution in [3.8, 4) is 11.3 Å². The van der Waals surface area contributed by atoms with Gasteiger partial charge in [-0.05, 0) is 37.6 Å². The van der Waals surface area contributed by atoms with Crippen molar-refractivity contribution in [1.29, 1.82) is 0 Å². The summed E-state index contributed by atoms with van der Waals surface area (Å²) in [7, 11) is 1.33. The van der Waals surface area contributed by atoms with Gasteiger partial charge >= 0.3 is 11.9 Å². The molecular weight excluding hydrogens is 354 g/mol. The molecule has 0 saturated carbocycles. The maximum atomic E-state index is 12.0. The van der Waals surface area contributed by atoms with E-state index in [1.54, 1.807) is 25.1 Å². The van der Waals surface area contributed by atoms with E-state index in [0.29, 0.717) is 26.4 Å². The molecule has 1 aromatic carbocycles. The van der Waals surface area contributed by atoms with Gasteiger partial charge < -0.3 is 15.2 Å². The van der Waals surface area contributed by atoms with Crippen LogP contribution in [0.3, 0.4) is 0 Å². The number of hydrogen-bond acceptors (Lipinski definition) is 8. The first-order valence-corrected chi connectivity index (χ1v) is 8.69. The topological polar surface area (TPSA) is 104 Å². The number of ether oxygens (including phenoxy) is 2. The minimum Gasteiger partial charge on any atom is -0.465 e. The molecule has 0 spiro atoms. The Labute approximate surface area is 153 Å². The Bertz CT molecular complexity index is 1010. The summed E-state index contributed by atoms with van der Waals surface area (Å²) in [6.45, 7) is 3.93. The fourth-order valence-electron chi connectivity index (χ4n) is 2.57. The molecule has 0 amide bonds. The van der Waals surface area contributed by atoms with E-state index >= 15 is 0 Å². The number of nitrogen functional groups attached to an aromatic ring is 1. The van der Waals surface area contributed by atoms with Crippen LogP contribution in [0.2, 0.25) is 0 Å². The molecule has 2 aromatic heterocycles. The first-order valence-electron chi connectivity index (χ1n) is 7.88. The van der Waals surface area contributed by atoms with Gasteiger partial charge in [-0.2, -0.15) is 0 Å². The lowest BCUT2D eigenvalue weighted by Crippen LogP contribution is -2.03. The van der Waals surface area contributed by atoms with Crippen LogP contribution in [0.5, 0.6) is 0 Å². The average Bonchev–Trinajstić information content (AvgIpc) is 3.05. The number of hydrogen-bond donors (Lipinski definition) is 1. The van der Waals surface area contributed by atoms with Gasteiger partial charge in [0.2, 0.25) is 5.95 Å². The van der Waals surface area contributed by atoms with Gasteiger partial charge in [-0.1, -0.05) is 6.07 Å². The minimum absolute atomic E-state index is 0.0904. The number of benzene rings is 1. The van der Waals surface area contributed by atoms with Crippen LogP contribution in [0.4, 0.5) is 5.95 Å². The standard InChI is InChI=1S/C18H17N3O4S/c1-4-25-17(23)13-8-12-14(20-18(19)21-15(12)26-13)11-7-10(16(22)24-3)6-5-9(11)2/h5-8H,4H2,1-3H3,(H2,19,20,21). The van der Waals surface area contributed by atoms with Gasteiger partial charge in [-0.3, -0.25) is 0 Å². The van der Waals surface area contributed by atoms with Crippen LogP contribution in [0.25, 0.3) is 21.5 Å². The van der Waals surface area contributed by atoms with Crippen molar-refractivity contribution >= 4 is 39.4 Å². The second-order valence-electron chi connectivity index (χ2n) is 5.50. The second kappa shape index (κ2) is 7.09. The summed E-state index contributed by atoms with van der Waals surface area (Å²) in [6.07, 6.45) is 0. The lowest BCUT2D eigenvalue weighted by Gasteiger charge is -2.09. The van der Waals surface area contributed by atoms with Gasteiger partial charge in [-0.15, -0.1) is 11.3 Å². The normalized spacial score (nSPS) is 10.7. The molecule has 7 nitrogen and oxygen atoms in total. The third-order valence-electron chi connectivity index (χ3n) is 3.80. The van der Waals surface area contributed by atoms with Crippen LogP contribution in [0.1, 0.15) is 32.5 Å². The Morgan fingerprint density at radius 1 is 1.19 bits per heavy atom. The number of anilines is 1. The molecule has 0 bridgehead atoms. The first-order chi connectivity index (χ1) is 12.4. The summed E-state index contributed by atoms with van der Waals surface area (Å²) in [5.74, 6) is -0.769. The molecule has 2 heterocycles. The lowest BCUT2D eigenvalue weighted by molar-refractivity contribution is 0.0531. The van der Waals surface area contributed by atoms with E-state index in [2.05, 4.69) is 9.97 Å². The number of nitrogens with zero attached hydrogens (tertiary/aromatic N) is 2. The highest BCUT2D eigenvalue weighted by Crippen LogP contribution is 2.34. The summed E-state index contributed by atoms with van der Waals surface area (Å²) in [6, 6.07) is 6.88. The van der Waals surface area contributed by atoms with Crippen molar-refractivity contribution in [2.75, 3.05) is 19.5 Å². The zero-order valence-electron chi connectivity index (χ0n) is 14.5. The molecule has 2 N–H and O–H groups in total. The monoisotopic (exact) mass is 371 g/mol. The van der Waals surface area contributed by atoms with E-state index < -0.39 is 11.9 Å². The zero-order valence-corrected chi connectivity index (χ0v) is 15.3. The number of esters is 2. The Morgan fingerprint density at radius 2 is 1.96 bits per heavy atom. The van der Waals surface area contributed by atoms with Crippen molar-refractivity contribution in [1.82, 2.24) is 9.97 Å². The number of nitrogens with two attached hydrogens (primary N) is 1. The molecule has 0 radical (unpaired) electrons. The van der Waals surface area contributed by atoms with Gasteiger partial charge in [0.15, 0.2) is 0 Å². The van der Waals surface area contributed by atoms with Crippen LogP contribution in [-0.2, 0) is 9.47 Å². The summed E-state index contributed by atoms with van der Waals surface area (Å²) in [5.41, 5.74) is 8.44. The largest absolute Gasteiger partial charge is 0.465 e. The number of rotatable bonds is 4. The van der Waals surface area contributed by atoms with E-state index in [0.717, 1.165) is 11.1 Å². The van der Waals surface area contributed by atoms with Crippen LogP contribution in [0, 0.1) is 6.92 Å². The molecule has 8 heteroatoms. The molecule has 3 aromatic rings. The van der Waals surface area contributed by atoms with E-state index in [9.17, 15) is 9.59 Å². The van der Waals surface area contributed by atoms with E-state index in [1.807, 2.05) is 13.0 Å². The summed E-state index contributed by atoms with van der Waals surface area (Å²) < 4.78 is 9.84. The molecule has 26 heavy (non-hydrogen) atoms. The van der Waals surface area contributed by atoms with Gasteiger partial charge in [0, 0.05) is 10.9 Å². The average molecular weight is 371 g/mol. The summed E-state index contributed by atoms with van der Waals surface area (Å²) >= 11 is 1.19. The molecule has 0 unspecified atom stereocenters. The van der Waals surface area contributed by atoms with Crippen LogP contribution in [-0.4, -0.2) is 35.6 Å². The molecule has 134 valence electrons. The first kappa shape index (κ1) is 17.8. The van der Waals surface area contributed by atoms with Crippen molar-refractivity contribution in [3.05, 3.63) is 40.3 Å². The van der Waals surface area contributed by atoms with Gasteiger partial charge in [0.05, 0.1) is 25.0 Å². The van der Waals surface area contributed by atoms with Crippen molar-refractivity contribution in [2.45, 2.75) is 13.8 Å². The molecule has 0 atom stereocenters. The Hall–Kier alpha value is -3.00. The maximum Gasteiger partial charge on any atom is 0.348 e. The lowest BCUT2D eigenvalue weighted by atomic mass is 10.0. The van der Waals surface area contributed by atoms with Gasteiger partial charge in [0.25, 0.3) is 0 Å². The zero-order chi connectivity index (χ0) is 18.8. The number of aryl methyl sites for hydroxylation is 1. The van der Waals surface area contributed by atoms with Crippen LogP contribution < -0.4 is 5.73 Å². The highest BCUT2D eigenvalue weighted by atomic mass is 32.1. The molecular formula is C18H17N3O4S. The van der Waals surface area contributed by atoms with Crippen molar-refractivity contribution < 1.29 is 19.1 Å². The number of aromatic nitrogens is 2. The SMILES string of the molecule is CCOC(=O)c1cc2c(-c3cc(C(=O)OC)ccc3C)nc(N)nc2s1. The molecule has 0 saturated heterocycles. The third-order valence-corrected chi connectivity index (χ3v) is 4.81. The summed E-state index contributed by atoms with van der Waals surface area (Å²) in [5, 5.41) is 0.678. The number of carbonyl (C=O) groups excluding carboxylic acids is 2. The maximum absolute atomic E-state index is 12.0. The van der Waals surface area contributed by atoms with E-state index in [-0.39, 0.29) is 12.6 Å². The van der Waals surface area contributed by atoms with Crippen LogP contribution >= 0.6 is 11.3 Å². The fraction of sp³-hybridized carbons (Fsp3) is 0.222. The Balaban J connectivity index is 2.21. The predicted molar refractivity (Wildman–Crippen MR) is 99.3 cm³/mol. The van der Waals surface area contributed by atoms with E-state index in [1.165, 1.54) is 18.4 Å². The van der Waals surface area contributed by atoms with Gasteiger partial charge in [0.1, 0.15) is 9.71 Å². The minimum atomic E-state index is -0.443. The Morgan fingerprint density at radius 3 is 2.65 bits per heavy atom. The molecule has 0 aliphatic carbocycles. The summed E-state index contributed by atoms with van der Waals surface area (Å²) in [4.78, 5) is 33.5. The molecule has 3 rings (SSSR count). The molecule has 0 aliphatic heterocycles. The third kappa shape index (κ3) is 3.23. The fourth-order valence-corrected chi connectivity index (χ4v) is 3.50. The van der Waals surface area contributed by atoms with Crippen LogP contribution in [0.15, 0.2) is 24.3 Å². The molecule has 0 aliphatic rings. The smallest absolute Gasteiger partial charge is 0.348 e. The van der Waals surface area contributed by atoms with Crippen molar-refractivity contribution in [3.63, 3.8) is 0 Å². The van der Waals surface area contributed by atoms with Gasteiger partial charge in [-0.25, -0.2) is 19.6 Å². The number of carbonyl (C=O) groups is 2. The predicted octanol–water partition coefficient (Wildman–Crippen LogP) is 3.21. The quantitative estimate of drug-likeness (QED) is 0.702. The Kier molecular flexibility index (Phi) is 4.85. The number of fused-ring (bicyclic) bond motifs is 1. The number of thiophene rings is 1.